The van der Waals surface area contributed by atoms with Gasteiger partial charge in [-0.2, -0.15) is 0 Å². The van der Waals surface area contributed by atoms with Gasteiger partial charge in [0.2, 0.25) is 0 Å². The third-order valence-electron chi connectivity index (χ3n) is 8.24. The second kappa shape index (κ2) is 12.8. The lowest BCUT2D eigenvalue weighted by molar-refractivity contribution is -0.140. The van der Waals surface area contributed by atoms with E-state index in [0.717, 1.165) is 31.7 Å². The monoisotopic (exact) mass is 530 g/mol. The Morgan fingerprint density at radius 1 is 0.974 bits per heavy atom. The van der Waals surface area contributed by atoms with E-state index in [1.165, 1.54) is 12.1 Å². The molecule has 1 N–H and O–H groups in total. The summed E-state index contributed by atoms with van der Waals surface area (Å²) in [7, 11) is 0. The predicted octanol–water partition coefficient (Wildman–Crippen LogP) is 7.59. The molecule has 1 atom stereocenters. The van der Waals surface area contributed by atoms with Crippen molar-refractivity contribution in [2.75, 3.05) is 6.61 Å². The molecule has 2 saturated carbocycles. The highest BCUT2D eigenvalue weighted by Crippen LogP contribution is 2.42. The summed E-state index contributed by atoms with van der Waals surface area (Å²) in [6, 6.07) is 7.48. The Labute approximate surface area is 222 Å². The van der Waals surface area contributed by atoms with Crippen molar-refractivity contribution in [2.45, 2.75) is 82.7 Å². The van der Waals surface area contributed by atoms with Crippen LogP contribution in [0.5, 0.6) is 11.5 Å². The first-order chi connectivity index (χ1) is 18.3. The zero-order valence-electron chi connectivity index (χ0n) is 21.9. The van der Waals surface area contributed by atoms with Gasteiger partial charge in [0.05, 0.1) is 18.6 Å². The second-order valence-corrected chi connectivity index (χ2v) is 10.7. The molecular formula is C31H37F3O4. The maximum Gasteiger partial charge on any atom is 0.314 e. The van der Waals surface area contributed by atoms with Crippen molar-refractivity contribution in [3.05, 3.63) is 71.6 Å². The average Bonchev–Trinajstić information content (AvgIpc) is 2.91. The van der Waals surface area contributed by atoms with Gasteiger partial charge in [-0.25, -0.2) is 13.2 Å². The minimum Gasteiger partial charge on any atom is -0.490 e. The van der Waals surface area contributed by atoms with Crippen LogP contribution < -0.4 is 9.47 Å². The number of carbonyl (C=O) groups is 1. The second-order valence-electron chi connectivity index (χ2n) is 10.7. The number of benzene rings is 2. The number of esters is 1. The van der Waals surface area contributed by atoms with Crippen molar-refractivity contribution in [1.29, 1.82) is 0 Å². The van der Waals surface area contributed by atoms with Gasteiger partial charge in [-0.3, -0.25) is 4.79 Å². The summed E-state index contributed by atoms with van der Waals surface area (Å²) in [6.07, 6.45) is 7.06. The third-order valence-corrected chi connectivity index (χ3v) is 8.24. The molecule has 2 aliphatic carbocycles. The molecule has 0 radical (unpaired) electrons. The molecule has 2 aromatic carbocycles. The predicted molar refractivity (Wildman–Crippen MR) is 140 cm³/mol. The Kier molecular flexibility index (Phi) is 9.53. The fourth-order valence-corrected chi connectivity index (χ4v) is 5.88. The molecule has 7 heteroatoms. The normalized spacial score (nSPS) is 24.4. The first-order valence-corrected chi connectivity index (χ1v) is 13.7. The summed E-state index contributed by atoms with van der Waals surface area (Å²) >= 11 is 0. The molecule has 0 spiro atoms. The number of aliphatic hydroxyl groups excluding tert-OH is 1. The molecule has 0 aliphatic heterocycles. The highest BCUT2D eigenvalue weighted by Gasteiger charge is 2.32. The maximum absolute atomic E-state index is 15.2. The van der Waals surface area contributed by atoms with Gasteiger partial charge >= 0.3 is 5.97 Å². The molecular weight excluding hydrogens is 493 g/mol. The van der Waals surface area contributed by atoms with Crippen LogP contribution in [0.2, 0.25) is 0 Å². The molecule has 4 nitrogen and oxygen atoms in total. The molecule has 0 bridgehead atoms. The lowest BCUT2D eigenvalue weighted by Crippen LogP contribution is -2.26. The van der Waals surface area contributed by atoms with Gasteiger partial charge in [0.25, 0.3) is 0 Å². The highest BCUT2D eigenvalue weighted by atomic mass is 19.2. The third kappa shape index (κ3) is 6.60. The van der Waals surface area contributed by atoms with Crippen LogP contribution in [0.15, 0.2) is 43.0 Å². The van der Waals surface area contributed by atoms with E-state index in [9.17, 15) is 14.3 Å². The molecule has 4 rings (SSSR count). The fraction of sp³-hybridized carbons (Fsp3) is 0.516. The van der Waals surface area contributed by atoms with Gasteiger partial charge in [0.1, 0.15) is 5.75 Å². The van der Waals surface area contributed by atoms with Crippen molar-refractivity contribution < 1.29 is 32.5 Å². The van der Waals surface area contributed by atoms with Crippen LogP contribution in [0, 0.1) is 29.3 Å². The molecule has 0 aromatic heterocycles. The molecule has 206 valence electrons. The van der Waals surface area contributed by atoms with Crippen LogP contribution in [0.4, 0.5) is 13.2 Å². The van der Waals surface area contributed by atoms with E-state index >= 15 is 8.78 Å². The van der Waals surface area contributed by atoms with Crippen molar-refractivity contribution in [3.63, 3.8) is 0 Å². The maximum atomic E-state index is 15.2. The Bertz CT molecular complexity index is 1120. The van der Waals surface area contributed by atoms with Crippen LogP contribution in [-0.2, 0) is 4.79 Å². The van der Waals surface area contributed by atoms with Gasteiger partial charge in [0.15, 0.2) is 23.2 Å². The van der Waals surface area contributed by atoms with E-state index < -0.39 is 23.4 Å². The van der Waals surface area contributed by atoms with Crippen molar-refractivity contribution >= 4 is 5.97 Å². The van der Waals surface area contributed by atoms with Crippen molar-refractivity contribution in [3.8, 4) is 11.5 Å². The van der Waals surface area contributed by atoms with E-state index in [1.807, 2.05) is 0 Å². The molecule has 0 amide bonds. The molecule has 2 aromatic rings. The Hall–Kier alpha value is -2.80. The number of hydrogen-bond acceptors (Lipinski definition) is 4. The topological polar surface area (TPSA) is 55.8 Å². The standard InChI is InChI=1S/C31H37F3O4/c1-3-4-17-37-28-16-13-24(18-27(28)32)38-31(36)23-11-9-22(10-12-23)26-15-14-25(29(33)30(26)34)21-7-5-20(6-8-21)19(2)35/h3,13-16,18-23,35H,1,4-12,17H2,2H3. The van der Waals surface area contributed by atoms with Crippen LogP contribution >= 0.6 is 0 Å². The quantitative estimate of drug-likeness (QED) is 0.157. The fourth-order valence-electron chi connectivity index (χ4n) is 5.88. The molecule has 2 fully saturated rings. The van der Waals surface area contributed by atoms with Crippen LogP contribution in [-0.4, -0.2) is 23.8 Å². The summed E-state index contributed by atoms with van der Waals surface area (Å²) in [6.45, 7) is 5.68. The summed E-state index contributed by atoms with van der Waals surface area (Å²) in [5, 5.41) is 9.81. The molecule has 38 heavy (non-hydrogen) atoms. The molecule has 0 saturated heterocycles. The first kappa shape index (κ1) is 28.2. The SMILES string of the molecule is C=CCCOc1ccc(OC(=O)C2CCC(c3ccc(C4CCC(C(C)O)CC4)c(F)c3F)CC2)cc1F. The first-order valence-electron chi connectivity index (χ1n) is 13.7. The Morgan fingerprint density at radius 3 is 2.08 bits per heavy atom. The minimum atomic E-state index is -0.781. The zero-order valence-corrected chi connectivity index (χ0v) is 21.9. The van der Waals surface area contributed by atoms with Crippen LogP contribution in [0.1, 0.15) is 87.7 Å². The van der Waals surface area contributed by atoms with Gasteiger partial charge in [-0.05, 0) is 106 Å². The average molecular weight is 531 g/mol. The number of aliphatic hydroxyl groups is 1. The minimum absolute atomic E-state index is 0.0309. The van der Waals surface area contributed by atoms with E-state index in [-0.39, 0.29) is 41.3 Å². The Balaban J connectivity index is 1.32. The van der Waals surface area contributed by atoms with E-state index in [2.05, 4.69) is 6.58 Å². The van der Waals surface area contributed by atoms with E-state index in [0.29, 0.717) is 49.8 Å². The van der Waals surface area contributed by atoms with Gasteiger partial charge in [-0.15, -0.1) is 6.58 Å². The summed E-state index contributed by atoms with van der Waals surface area (Å²) in [5.74, 6) is -2.76. The zero-order chi connectivity index (χ0) is 27.2. The van der Waals surface area contributed by atoms with Gasteiger partial charge < -0.3 is 14.6 Å². The lowest BCUT2D eigenvalue weighted by atomic mass is 9.75. The number of halogens is 3. The molecule has 0 heterocycles. The highest BCUT2D eigenvalue weighted by molar-refractivity contribution is 5.75. The molecule has 2 aliphatic rings. The van der Waals surface area contributed by atoms with E-state index in [1.54, 1.807) is 25.1 Å². The largest absolute Gasteiger partial charge is 0.490 e. The van der Waals surface area contributed by atoms with Gasteiger partial charge in [0, 0.05) is 6.07 Å². The lowest BCUT2D eigenvalue weighted by Gasteiger charge is -2.31. The molecule has 1 unspecified atom stereocenters. The number of ether oxygens (including phenoxy) is 2. The summed E-state index contributed by atoms with van der Waals surface area (Å²) < 4.78 is 55.3. The number of rotatable bonds is 9. The van der Waals surface area contributed by atoms with Crippen LogP contribution in [0.3, 0.4) is 0 Å². The Morgan fingerprint density at radius 2 is 1.55 bits per heavy atom. The number of carbonyl (C=O) groups excluding carboxylic acids is 1. The smallest absolute Gasteiger partial charge is 0.314 e. The van der Waals surface area contributed by atoms with Crippen molar-refractivity contribution in [2.24, 2.45) is 11.8 Å². The van der Waals surface area contributed by atoms with Crippen LogP contribution in [0.25, 0.3) is 0 Å². The summed E-state index contributed by atoms with van der Waals surface area (Å²) in [4.78, 5) is 12.7. The van der Waals surface area contributed by atoms with E-state index in [4.69, 9.17) is 9.47 Å². The summed E-state index contributed by atoms with van der Waals surface area (Å²) in [5.41, 5.74) is 0.793. The van der Waals surface area contributed by atoms with Gasteiger partial charge in [-0.1, -0.05) is 18.2 Å². The number of hydrogen-bond donors (Lipinski definition) is 1. The van der Waals surface area contributed by atoms with Crippen molar-refractivity contribution in [1.82, 2.24) is 0 Å².